The van der Waals surface area contributed by atoms with E-state index < -0.39 is 28.5 Å². The first-order valence-corrected chi connectivity index (χ1v) is 8.93. The first kappa shape index (κ1) is 25.2. The Bertz CT molecular complexity index is 754. The summed E-state index contributed by atoms with van der Waals surface area (Å²) in [6.45, 7) is 0.296. The first-order chi connectivity index (χ1) is 13.2. The molecule has 28 heavy (non-hydrogen) atoms. The number of carboxylic acid groups (broad SMARTS) is 2. The molecule has 0 fully saturated rings. The van der Waals surface area contributed by atoms with Gasteiger partial charge in [0.2, 0.25) is 0 Å². The van der Waals surface area contributed by atoms with Gasteiger partial charge in [0.1, 0.15) is 0 Å². The number of carbonyl (C=O) groups is 2. The van der Waals surface area contributed by atoms with E-state index in [0.717, 1.165) is 5.56 Å². The molecule has 0 bridgehead atoms. The number of nitrogens with one attached hydrogen (secondary N) is 1. The van der Waals surface area contributed by atoms with Gasteiger partial charge in [-0.25, -0.2) is 0 Å². The number of pyridine rings is 1. The summed E-state index contributed by atoms with van der Waals surface area (Å²) >= 11 is -1.56. The van der Waals surface area contributed by atoms with Gasteiger partial charge in [0.25, 0.3) is 0 Å². The number of aliphatic carboxylic acids is 2. The van der Waals surface area contributed by atoms with Crippen molar-refractivity contribution in [3.05, 3.63) is 59.1 Å². The molecule has 0 amide bonds. The van der Waals surface area contributed by atoms with Crippen LogP contribution in [0.1, 0.15) is 17.0 Å². The Hall–Kier alpha value is -2.79. The van der Waals surface area contributed by atoms with Crippen molar-refractivity contribution in [2.24, 2.45) is 0 Å². The molecule has 2 aromatic rings. The van der Waals surface area contributed by atoms with Crippen LogP contribution < -0.4 is 0 Å². The van der Waals surface area contributed by atoms with Crippen LogP contribution in [0.15, 0.2) is 36.4 Å². The van der Waals surface area contributed by atoms with Crippen molar-refractivity contribution in [2.45, 2.75) is 19.3 Å². The van der Waals surface area contributed by atoms with E-state index in [2.05, 4.69) is 4.98 Å². The summed E-state index contributed by atoms with van der Waals surface area (Å²) in [5, 5.41) is 34.9. The molecule has 10 nitrogen and oxygen atoms in total. The van der Waals surface area contributed by atoms with E-state index in [9.17, 15) is 9.59 Å². The molecule has 0 aliphatic rings. The Morgan fingerprint density at radius 2 is 1.46 bits per heavy atom. The minimum atomic E-state index is -1.56. The van der Waals surface area contributed by atoms with Gasteiger partial charge in [0.05, 0.1) is 24.2 Å². The molecule has 152 valence electrons. The first-order valence-electron chi connectivity index (χ1n) is 7.74. The maximum absolute atomic E-state index is 10.3. The second-order valence-electron chi connectivity index (χ2n) is 5.17. The molecule has 0 aliphatic carbocycles. The van der Waals surface area contributed by atoms with Crippen LogP contribution >= 0.6 is 0 Å². The van der Waals surface area contributed by atoms with Crippen molar-refractivity contribution >= 4 is 11.9 Å². The maximum atomic E-state index is 10.3. The van der Waals surface area contributed by atoms with Gasteiger partial charge in [-0.3, -0.25) is 14.6 Å². The Kier molecular flexibility index (Phi) is 12.9. The quantitative estimate of drug-likeness (QED) is 0.420. The van der Waals surface area contributed by atoms with Gasteiger partial charge in [-0.15, -0.1) is 6.54 Å². The Balaban J connectivity index is 0.000000466. The fraction of sp³-hybridized carbons (Fsp3) is 0.235. The van der Waals surface area contributed by atoms with E-state index in [1.165, 1.54) is 12.1 Å². The zero-order chi connectivity index (χ0) is 21.5. The number of phenols is 2. The van der Waals surface area contributed by atoms with E-state index in [-0.39, 0.29) is 24.3 Å². The fourth-order valence-corrected chi connectivity index (χ4v) is 1.90. The average Bonchev–Trinajstić information content (AvgIpc) is 2.59. The molecule has 1 aromatic heterocycles. The second kappa shape index (κ2) is 14.3. The predicted molar refractivity (Wildman–Crippen MR) is 92.5 cm³/mol. The van der Waals surface area contributed by atoms with E-state index in [0.29, 0.717) is 24.4 Å². The molecular formula is C17H20N2O8V-. The van der Waals surface area contributed by atoms with Crippen LogP contribution in [0.25, 0.3) is 5.73 Å². The summed E-state index contributed by atoms with van der Waals surface area (Å²) < 4.78 is 15.7. The number of phenolic OH excluding ortho intramolecular Hbond substituents is 2. The van der Waals surface area contributed by atoms with Gasteiger partial charge >= 0.3 is 36.2 Å². The van der Waals surface area contributed by atoms with Crippen LogP contribution in [0.5, 0.6) is 11.5 Å². The molecule has 0 aliphatic heterocycles. The molecule has 0 atom stereocenters. The van der Waals surface area contributed by atoms with E-state index in [4.69, 9.17) is 33.9 Å². The molecule has 0 saturated heterocycles. The fourth-order valence-electron chi connectivity index (χ4n) is 1.90. The van der Waals surface area contributed by atoms with Gasteiger partial charge in [0, 0.05) is 0 Å². The van der Waals surface area contributed by atoms with Crippen LogP contribution in [0.3, 0.4) is 0 Å². The van der Waals surface area contributed by atoms with Crippen LogP contribution in [-0.2, 0) is 49.1 Å². The molecule has 0 saturated carbocycles. The number of carboxylic acids is 2. The van der Waals surface area contributed by atoms with Gasteiger partial charge in [0.15, 0.2) is 11.5 Å². The number of aromatic hydroxyl groups is 2. The third-order valence-electron chi connectivity index (χ3n) is 2.98. The van der Waals surface area contributed by atoms with Crippen molar-refractivity contribution in [1.82, 2.24) is 4.98 Å². The number of nitrogens with zero attached hydrogens (tertiary/aromatic N) is 1. The number of hydrogen-bond donors (Lipinski definition) is 5. The molecule has 0 radical (unpaired) electrons. The van der Waals surface area contributed by atoms with Crippen molar-refractivity contribution in [3.8, 4) is 11.5 Å². The number of benzene rings is 1. The normalized spacial score (nSPS) is 9.21. The number of hydrogen-bond acceptors (Lipinski definition) is 6. The topological polar surface area (TPSA) is 189 Å². The van der Waals surface area contributed by atoms with Gasteiger partial charge < -0.3 is 26.2 Å². The van der Waals surface area contributed by atoms with Crippen LogP contribution in [0.2, 0.25) is 0 Å². The van der Waals surface area contributed by atoms with E-state index in [1.807, 2.05) is 0 Å². The number of aromatic nitrogens is 1. The summed E-state index contributed by atoms with van der Waals surface area (Å²) in [6, 6.07) is 9.32. The molecule has 1 aromatic carbocycles. The molecule has 0 spiro atoms. The monoisotopic (exact) mass is 431 g/mol. The summed E-state index contributed by atoms with van der Waals surface area (Å²) in [5.74, 6) is -2.19. The molecular weight excluding hydrogens is 411 g/mol. The summed E-state index contributed by atoms with van der Waals surface area (Å²) in [6.07, 6.45) is 0.231. The van der Waals surface area contributed by atoms with Crippen molar-refractivity contribution in [3.63, 3.8) is 0 Å². The predicted octanol–water partition coefficient (Wildman–Crippen LogP) is 1.35. The zero-order valence-corrected chi connectivity index (χ0v) is 16.0. The van der Waals surface area contributed by atoms with Crippen molar-refractivity contribution in [2.75, 3.05) is 6.54 Å². The van der Waals surface area contributed by atoms with Gasteiger partial charge in [-0.05, 0) is 36.2 Å². The Morgan fingerprint density at radius 1 is 0.964 bits per heavy atom. The van der Waals surface area contributed by atoms with Crippen molar-refractivity contribution < 1.29 is 54.3 Å². The van der Waals surface area contributed by atoms with Gasteiger partial charge in [-0.2, -0.15) is 0 Å². The third-order valence-corrected chi connectivity index (χ3v) is 2.98. The molecule has 11 heteroatoms. The van der Waals surface area contributed by atoms with E-state index in [1.54, 1.807) is 24.3 Å². The molecule has 1 heterocycles. The SMILES string of the molecule is O=C(O)Cc1cccc(CC(=O)O)n1.[NH-]CCc1ccc(O)c(O)c1.[O]=[V][OH]. The minimum absolute atomic E-state index is 0.112. The Labute approximate surface area is 167 Å². The van der Waals surface area contributed by atoms with Gasteiger partial charge in [-0.1, -0.05) is 12.1 Å². The molecule has 6 N–H and O–H groups in total. The second-order valence-corrected chi connectivity index (χ2v) is 5.42. The standard InChI is InChI=1S/C9H9NO4.C8H10NO2.H2O.O.V/c11-8(12)4-6-2-1-3-7(10-6)5-9(13)14;9-4-3-6-1-2-7(10)8(11)5-6;;;/h1-3H,4-5H2,(H,11,12)(H,13,14);1-2,5,9-11H,3-4H2;1H2;;/q;-1;;;+1/p-1. The van der Waals surface area contributed by atoms with E-state index >= 15 is 0 Å². The molecule has 2 rings (SSSR count). The van der Waals surface area contributed by atoms with Crippen LogP contribution in [0, 0.1) is 0 Å². The zero-order valence-electron chi connectivity index (χ0n) is 14.6. The third kappa shape index (κ3) is 11.8. The van der Waals surface area contributed by atoms with Crippen LogP contribution in [-0.4, -0.2) is 47.9 Å². The summed E-state index contributed by atoms with van der Waals surface area (Å²) in [5.41, 5.74) is 8.53. The average molecular weight is 431 g/mol. The molecule has 0 unspecified atom stereocenters. The summed E-state index contributed by atoms with van der Waals surface area (Å²) in [7, 11) is 0. The number of rotatable bonds is 6. The Morgan fingerprint density at radius 3 is 1.86 bits per heavy atom. The summed E-state index contributed by atoms with van der Waals surface area (Å²) in [4.78, 5) is 24.6. The van der Waals surface area contributed by atoms with Crippen molar-refractivity contribution in [1.29, 1.82) is 0 Å². The van der Waals surface area contributed by atoms with Crippen LogP contribution in [0.4, 0.5) is 0 Å².